The summed E-state index contributed by atoms with van der Waals surface area (Å²) >= 11 is 4.13. The molecule has 0 saturated heterocycles. The minimum atomic E-state index is 0.244. The van der Waals surface area contributed by atoms with Gasteiger partial charge in [0, 0.05) is 14.5 Å². The minimum Gasteiger partial charge on any atom is -0.249 e. The van der Waals surface area contributed by atoms with Gasteiger partial charge in [0.2, 0.25) is 0 Å². The van der Waals surface area contributed by atoms with Crippen molar-refractivity contribution < 1.29 is 0 Å². The van der Waals surface area contributed by atoms with Crippen LogP contribution in [0.5, 0.6) is 0 Å². The zero-order chi connectivity index (χ0) is 9.19. The molecule has 0 atom stereocenters. The van der Waals surface area contributed by atoms with Gasteiger partial charge >= 0.3 is 0 Å². The van der Waals surface area contributed by atoms with Gasteiger partial charge in [-0.1, -0.05) is 32.5 Å². The first-order chi connectivity index (χ1) is 5.49. The van der Waals surface area contributed by atoms with Crippen molar-refractivity contribution in [3.8, 4) is 0 Å². The number of rotatable bonds is 1. The maximum Gasteiger partial charge on any atom is 0.110 e. The van der Waals surface area contributed by atoms with Crippen molar-refractivity contribution in [1.82, 2.24) is 4.98 Å². The second-order valence-electron chi connectivity index (χ2n) is 3.50. The van der Waals surface area contributed by atoms with Crippen LogP contribution in [-0.2, 0) is 0 Å². The van der Waals surface area contributed by atoms with Crippen LogP contribution in [0.1, 0.15) is 20.8 Å². The lowest BCUT2D eigenvalue weighted by Gasteiger charge is -2.17. The zero-order valence-corrected chi connectivity index (χ0v) is 10.4. The topological polar surface area (TPSA) is 12.9 Å². The summed E-state index contributed by atoms with van der Waals surface area (Å²) in [5.41, 5.74) is 0. The summed E-state index contributed by atoms with van der Waals surface area (Å²) in [6.45, 7) is 6.59. The predicted molar refractivity (Wildman–Crippen MR) is 62.6 cm³/mol. The molecule has 0 spiro atoms. The second kappa shape index (κ2) is 3.96. The maximum absolute atomic E-state index is 4.32. The van der Waals surface area contributed by atoms with E-state index in [2.05, 4.69) is 54.4 Å². The lowest BCUT2D eigenvalue weighted by Crippen LogP contribution is -2.07. The summed E-state index contributed by atoms with van der Waals surface area (Å²) in [6, 6.07) is 4.05. The fourth-order valence-corrected chi connectivity index (χ4v) is 2.27. The van der Waals surface area contributed by atoms with Crippen molar-refractivity contribution in [2.75, 3.05) is 0 Å². The minimum absolute atomic E-state index is 0.244. The van der Waals surface area contributed by atoms with Gasteiger partial charge in [-0.15, -0.1) is 0 Å². The van der Waals surface area contributed by atoms with Gasteiger partial charge in [-0.05, 0) is 34.7 Å². The van der Waals surface area contributed by atoms with Gasteiger partial charge in [0.25, 0.3) is 0 Å². The van der Waals surface area contributed by atoms with Crippen LogP contribution in [0, 0.1) is 3.57 Å². The van der Waals surface area contributed by atoms with Gasteiger partial charge in [-0.2, -0.15) is 0 Å². The fraction of sp³-hybridized carbons (Fsp3) is 0.444. The van der Waals surface area contributed by atoms with Crippen molar-refractivity contribution >= 4 is 34.4 Å². The highest BCUT2D eigenvalue weighted by Crippen LogP contribution is 2.32. The van der Waals surface area contributed by atoms with Crippen molar-refractivity contribution in [1.29, 1.82) is 0 Å². The molecule has 66 valence electrons. The van der Waals surface area contributed by atoms with Crippen LogP contribution in [0.2, 0.25) is 0 Å². The number of nitrogens with zero attached hydrogens (tertiary/aromatic N) is 1. The highest BCUT2D eigenvalue weighted by molar-refractivity contribution is 14.1. The molecule has 0 N–H and O–H groups in total. The van der Waals surface area contributed by atoms with Gasteiger partial charge < -0.3 is 0 Å². The number of pyridine rings is 1. The number of hydrogen-bond donors (Lipinski definition) is 0. The lowest BCUT2D eigenvalue weighted by molar-refractivity contribution is 0.798. The van der Waals surface area contributed by atoms with Gasteiger partial charge in [-0.25, -0.2) is 4.98 Å². The Bertz CT molecular complexity index is 267. The predicted octanol–water partition coefficient (Wildman–Crippen LogP) is 3.58. The van der Waals surface area contributed by atoms with Gasteiger partial charge in [0.05, 0.1) is 0 Å². The highest BCUT2D eigenvalue weighted by atomic mass is 127. The molecule has 1 nitrogen and oxygen atoms in total. The Kier molecular flexibility index (Phi) is 3.40. The largest absolute Gasteiger partial charge is 0.249 e. The summed E-state index contributed by atoms with van der Waals surface area (Å²) in [4.78, 5) is 4.32. The van der Waals surface area contributed by atoms with E-state index in [9.17, 15) is 0 Å². The lowest BCUT2D eigenvalue weighted by atomic mass is 10.3. The summed E-state index contributed by atoms with van der Waals surface area (Å²) in [7, 11) is 0. The Morgan fingerprint density at radius 1 is 1.42 bits per heavy atom. The number of aromatic nitrogens is 1. The Hall–Kier alpha value is 0.230. The molecule has 0 aliphatic heterocycles. The summed E-state index contributed by atoms with van der Waals surface area (Å²) in [6.07, 6.45) is 1.84. The summed E-state index contributed by atoms with van der Waals surface area (Å²) < 4.78 is 1.48. The Labute approximate surface area is 91.5 Å². The molecule has 1 heterocycles. The van der Waals surface area contributed by atoms with E-state index >= 15 is 0 Å². The first-order valence-electron chi connectivity index (χ1n) is 3.78. The van der Waals surface area contributed by atoms with E-state index in [-0.39, 0.29) is 4.75 Å². The monoisotopic (exact) mass is 293 g/mol. The van der Waals surface area contributed by atoms with Crippen molar-refractivity contribution in [3.63, 3.8) is 0 Å². The molecule has 1 aromatic heterocycles. The molecular formula is C9H12INS. The molecule has 0 amide bonds. The third-order valence-electron chi connectivity index (χ3n) is 1.13. The van der Waals surface area contributed by atoms with Crippen LogP contribution >= 0.6 is 34.4 Å². The normalized spacial score (nSPS) is 11.7. The molecule has 0 radical (unpaired) electrons. The Balaban J connectivity index is 2.83. The number of hydrogen-bond acceptors (Lipinski definition) is 2. The second-order valence-corrected chi connectivity index (χ2v) is 6.48. The molecule has 12 heavy (non-hydrogen) atoms. The van der Waals surface area contributed by atoms with Crippen molar-refractivity contribution in [2.24, 2.45) is 0 Å². The molecule has 1 rings (SSSR count). The quantitative estimate of drug-likeness (QED) is 0.580. The highest BCUT2D eigenvalue weighted by Gasteiger charge is 2.14. The molecule has 0 bridgehead atoms. The summed E-state index contributed by atoms with van der Waals surface area (Å²) in [5, 5.41) is 1.13. The van der Waals surface area contributed by atoms with Crippen LogP contribution < -0.4 is 0 Å². The van der Waals surface area contributed by atoms with Crippen LogP contribution in [0.4, 0.5) is 0 Å². The smallest absolute Gasteiger partial charge is 0.110 e. The average molecular weight is 293 g/mol. The SMILES string of the molecule is CC(C)(C)Sc1ncccc1I. The summed E-state index contributed by atoms with van der Waals surface area (Å²) in [5.74, 6) is 0. The number of thioether (sulfide) groups is 1. The van der Waals surface area contributed by atoms with E-state index in [0.717, 1.165) is 5.03 Å². The van der Waals surface area contributed by atoms with Gasteiger partial charge in [-0.3, -0.25) is 0 Å². The van der Waals surface area contributed by atoms with Crippen molar-refractivity contribution in [3.05, 3.63) is 21.9 Å². The molecule has 1 aromatic rings. The van der Waals surface area contributed by atoms with Crippen LogP contribution in [0.25, 0.3) is 0 Å². The van der Waals surface area contributed by atoms with E-state index in [1.165, 1.54) is 3.57 Å². The number of halogens is 1. The molecule has 0 fully saturated rings. The molecule has 3 heteroatoms. The zero-order valence-electron chi connectivity index (χ0n) is 7.47. The molecule has 0 unspecified atom stereocenters. The van der Waals surface area contributed by atoms with E-state index < -0.39 is 0 Å². The Morgan fingerprint density at radius 2 is 2.08 bits per heavy atom. The Morgan fingerprint density at radius 3 is 2.58 bits per heavy atom. The molecule has 0 aliphatic carbocycles. The third-order valence-corrected chi connectivity index (χ3v) is 3.50. The molecule has 0 aliphatic rings. The maximum atomic E-state index is 4.32. The van der Waals surface area contributed by atoms with E-state index in [0.29, 0.717) is 0 Å². The first-order valence-corrected chi connectivity index (χ1v) is 5.68. The van der Waals surface area contributed by atoms with Crippen molar-refractivity contribution in [2.45, 2.75) is 30.5 Å². The van der Waals surface area contributed by atoms with Gasteiger partial charge in [0.1, 0.15) is 5.03 Å². The first kappa shape index (κ1) is 10.3. The van der Waals surface area contributed by atoms with E-state index in [1.807, 2.05) is 24.0 Å². The van der Waals surface area contributed by atoms with E-state index in [4.69, 9.17) is 0 Å². The van der Waals surface area contributed by atoms with Gasteiger partial charge in [0.15, 0.2) is 0 Å². The van der Waals surface area contributed by atoms with Crippen LogP contribution in [0.3, 0.4) is 0 Å². The van der Waals surface area contributed by atoms with Crippen LogP contribution in [0.15, 0.2) is 23.4 Å². The van der Waals surface area contributed by atoms with Crippen LogP contribution in [-0.4, -0.2) is 9.73 Å². The molecule has 0 aromatic carbocycles. The van der Waals surface area contributed by atoms with E-state index in [1.54, 1.807) is 0 Å². The standard InChI is InChI=1S/C9H12INS/c1-9(2,3)12-8-7(10)5-4-6-11-8/h4-6H,1-3H3. The molecule has 0 saturated carbocycles. The third kappa shape index (κ3) is 3.31. The molecular weight excluding hydrogens is 281 g/mol. The fourth-order valence-electron chi connectivity index (χ4n) is 0.736. The average Bonchev–Trinajstić information content (AvgIpc) is 1.91.